The highest BCUT2D eigenvalue weighted by Gasteiger charge is 2.52. The van der Waals surface area contributed by atoms with E-state index in [1.54, 1.807) is 0 Å². The Kier molecular flexibility index (Phi) is 2.21. The molecule has 84 valence electrons. The minimum atomic E-state index is 0.564. The second kappa shape index (κ2) is 3.35. The van der Waals surface area contributed by atoms with Crippen LogP contribution >= 0.6 is 0 Å². The van der Waals surface area contributed by atoms with E-state index in [1.807, 2.05) is 0 Å². The van der Waals surface area contributed by atoms with Crippen molar-refractivity contribution in [3.63, 3.8) is 0 Å². The maximum atomic E-state index is 3.87. The Morgan fingerprint density at radius 1 is 1.33 bits per heavy atom. The highest BCUT2D eigenvalue weighted by Crippen LogP contribution is 2.51. The van der Waals surface area contributed by atoms with Gasteiger partial charge in [0.25, 0.3) is 0 Å². The van der Waals surface area contributed by atoms with E-state index in [9.17, 15) is 0 Å². The van der Waals surface area contributed by atoms with Crippen LogP contribution in [-0.2, 0) is 0 Å². The zero-order valence-electron chi connectivity index (χ0n) is 10.00. The van der Waals surface area contributed by atoms with Gasteiger partial charge in [0.05, 0.1) is 0 Å². The van der Waals surface area contributed by atoms with Crippen LogP contribution in [0.3, 0.4) is 0 Å². The molecule has 0 aromatic carbocycles. The van der Waals surface area contributed by atoms with Gasteiger partial charge in [-0.05, 0) is 49.4 Å². The third-order valence-corrected chi connectivity index (χ3v) is 5.24. The van der Waals surface area contributed by atoms with Crippen LogP contribution in [0.15, 0.2) is 12.2 Å². The molecule has 0 radical (unpaired) electrons. The number of fused-ring (bicyclic) bond motifs is 3. The zero-order chi connectivity index (χ0) is 10.5. The first-order valence-corrected chi connectivity index (χ1v) is 6.63. The standard InChI is InChI=1S/C14H23N/c1-10-6-7-12-11(9-10)14(2)8-4-3-5-13(14)15-12/h3,5,10-13,15H,4,6-9H2,1-2H3. The van der Waals surface area contributed by atoms with Crippen molar-refractivity contribution in [3.8, 4) is 0 Å². The van der Waals surface area contributed by atoms with Crippen LogP contribution in [0, 0.1) is 17.3 Å². The molecule has 1 nitrogen and oxygen atoms in total. The summed E-state index contributed by atoms with van der Waals surface area (Å²) in [5.74, 6) is 1.89. The van der Waals surface area contributed by atoms with Crippen LogP contribution in [0.1, 0.15) is 46.0 Å². The molecule has 0 spiro atoms. The number of allylic oxidation sites excluding steroid dienone is 1. The fraction of sp³-hybridized carbons (Fsp3) is 0.857. The number of nitrogens with one attached hydrogen (secondary N) is 1. The van der Waals surface area contributed by atoms with Gasteiger partial charge in [-0.25, -0.2) is 0 Å². The second-order valence-electron chi connectivity index (χ2n) is 6.25. The Bertz CT molecular complexity index is 283. The average molecular weight is 205 g/mol. The van der Waals surface area contributed by atoms with Gasteiger partial charge in [-0.1, -0.05) is 26.0 Å². The van der Waals surface area contributed by atoms with Gasteiger partial charge in [-0.15, -0.1) is 0 Å². The van der Waals surface area contributed by atoms with E-state index in [4.69, 9.17) is 0 Å². The first-order chi connectivity index (χ1) is 7.20. The van der Waals surface area contributed by atoms with E-state index >= 15 is 0 Å². The van der Waals surface area contributed by atoms with E-state index in [0.717, 1.165) is 17.9 Å². The van der Waals surface area contributed by atoms with Gasteiger partial charge in [-0.3, -0.25) is 0 Å². The average Bonchev–Trinajstić information content (AvgIpc) is 2.51. The van der Waals surface area contributed by atoms with Gasteiger partial charge in [-0.2, -0.15) is 0 Å². The summed E-state index contributed by atoms with van der Waals surface area (Å²) in [7, 11) is 0. The molecule has 1 heteroatoms. The van der Waals surface area contributed by atoms with E-state index < -0.39 is 0 Å². The lowest BCUT2D eigenvalue weighted by atomic mass is 9.63. The van der Waals surface area contributed by atoms with Crippen molar-refractivity contribution in [1.82, 2.24) is 5.32 Å². The molecule has 2 fully saturated rings. The fourth-order valence-electron chi connectivity index (χ4n) is 4.20. The lowest BCUT2D eigenvalue weighted by molar-refractivity contribution is 0.130. The van der Waals surface area contributed by atoms with Crippen LogP contribution in [0.4, 0.5) is 0 Å². The van der Waals surface area contributed by atoms with Gasteiger partial charge in [0, 0.05) is 12.1 Å². The van der Waals surface area contributed by atoms with Crippen LogP contribution < -0.4 is 5.32 Å². The van der Waals surface area contributed by atoms with Crippen molar-refractivity contribution in [2.75, 3.05) is 0 Å². The molecule has 15 heavy (non-hydrogen) atoms. The Morgan fingerprint density at radius 3 is 3.07 bits per heavy atom. The molecule has 5 unspecified atom stereocenters. The summed E-state index contributed by atoms with van der Waals surface area (Å²) in [6, 6.07) is 1.49. The van der Waals surface area contributed by atoms with Gasteiger partial charge in [0.2, 0.25) is 0 Å². The fourth-order valence-corrected chi connectivity index (χ4v) is 4.20. The van der Waals surface area contributed by atoms with Crippen LogP contribution in [0.5, 0.6) is 0 Å². The Labute approximate surface area is 93.3 Å². The lowest BCUT2D eigenvalue weighted by Crippen LogP contribution is -2.37. The SMILES string of the molecule is CC1CCC2NC3C=CCCC3(C)C2C1. The Hall–Kier alpha value is -0.300. The van der Waals surface area contributed by atoms with E-state index in [0.29, 0.717) is 11.5 Å². The van der Waals surface area contributed by atoms with Gasteiger partial charge in [0.1, 0.15) is 0 Å². The molecule has 5 atom stereocenters. The van der Waals surface area contributed by atoms with Gasteiger partial charge in [0.15, 0.2) is 0 Å². The highest BCUT2D eigenvalue weighted by atomic mass is 15.0. The number of hydrogen-bond acceptors (Lipinski definition) is 1. The highest BCUT2D eigenvalue weighted by molar-refractivity contribution is 5.17. The molecule has 1 saturated carbocycles. The summed E-state index contributed by atoms with van der Waals surface area (Å²) in [5, 5.41) is 3.87. The first-order valence-electron chi connectivity index (χ1n) is 6.63. The van der Waals surface area contributed by atoms with Crippen LogP contribution in [-0.4, -0.2) is 12.1 Å². The van der Waals surface area contributed by atoms with Crippen molar-refractivity contribution in [2.24, 2.45) is 17.3 Å². The predicted octanol–water partition coefficient (Wildman–Crippen LogP) is 3.12. The number of rotatable bonds is 0. The summed E-state index contributed by atoms with van der Waals surface area (Å²) in [6.07, 6.45) is 11.8. The molecular formula is C14H23N. The minimum absolute atomic E-state index is 0.564. The number of hydrogen-bond donors (Lipinski definition) is 1. The van der Waals surface area contributed by atoms with Crippen molar-refractivity contribution < 1.29 is 0 Å². The summed E-state index contributed by atoms with van der Waals surface area (Å²) in [4.78, 5) is 0. The minimum Gasteiger partial charge on any atom is -0.307 e. The second-order valence-corrected chi connectivity index (χ2v) is 6.25. The molecule has 3 aliphatic rings. The monoisotopic (exact) mass is 205 g/mol. The molecule has 1 aliphatic heterocycles. The quantitative estimate of drug-likeness (QED) is 0.599. The Balaban J connectivity index is 1.89. The lowest BCUT2D eigenvalue weighted by Gasteiger charge is -2.41. The predicted molar refractivity (Wildman–Crippen MR) is 63.7 cm³/mol. The summed E-state index contributed by atoms with van der Waals surface area (Å²) in [6.45, 7) is 4.96. The summed E-state index contributed by atoms with van der Waals surface area (Å²) < 4.78 is 0. The molecule has 0 amide bonds. The third kappa shape index (κ3) is 1.39. The largest absolute Gasteiger partial charge is 0.307 e. The zero-order valence-corrected chi connectivity index (χ0v) is 10.00. The molecule has 3 rings (SSSR count). The first kappa shape index (κ1) is 9.89. The van der Waals surface area contributed by atoms with E-state index in [-0.39, 0.29) is 0 Å². The molecule has 2 aliphatic carbocycles. The molecule has 1 saturated heterocycles. The smallest absolute Gasteiger partial charge is 0.0309 e. The molecule has 0 bridgehead atoms. The Morgan fingerprint density at radius 2 is 2.20 bits per heavy atom. The van der Waals surface area contributed by atoms with Gasteiger partial charge < -0.3 is 5.32 Å². The van der Waals surface area contributed by atoms with Gasteiger partial charge >= 0.3 is 0 Å². The molecule has 1 N–H and O–H groups in total. The van der Waals surface area contributed by atoms with Crippen molar-refractivity contribution >= 4 is 0 Å². The molecule has 0 aromatic rings. The van der Waals surface area contributed by atoms with Crippen LogP contribution in [0.25, 0.3) is 0 Å². The maximum absolute atomic E-state index is 3.87. The van der Waals surface area contributed by atoms with Crippen molar-refractivity contribution in [1.29, 1.82) is 0 Å². The topological polar surface area (TPSA) is 12.0 Å². The molecule has 1 heterocycles. The molecule has 0 aromatic heterocycles. The van der Waals surface area contributed by atoms with Crippen LogP contribution in [0.2, 0.25) is 0 Å². The summed E-state index contributed by atoms with van der Waals surface area (Å²) in [5.41, 5.74) is 0.564. The van der Waals surface area contributed by atoms with Crippen molar-refractivity contribution in [3.05, 3.63) is 12.2 Å². The van der Waals surface area contributed by atoms with E-state index in [2.05, 4.69) is 31.3 Å². The third-order valence-electron chi connectivity index (χ3n) is 5.24. The van der Waals surface area contributed by atoms with E-state index in [1.165, 1.54) is 32.1 Å². The molecular weight excluding hydrogens is 182 g/mol. The van der Waals surface area contributed by atoms with Crippen molar-refractivity contribution in [2.45, 2.75) is 58.0 Å². The summed E-state index contributed by atoms with van der Waals surface area (Å²) >= 11 is 0. The normalized spacial score (nSPS) is 53.7. The maximum Gasteiger partial charge on any atom is 0.0309 e.